The maximum absolute atomic E-state index is 14.1. The third-order valence-electron chi connectivity index (χ3n) is 4.81. The lowest BCUT2D eigenvalue weighted by Gasteiger charge is -2.36. The number of piperidine rings is 1. The van der Waals surface area contributed by atoms with E-state index >= 15 is 0 Å². The fourth-order valence-corrected chi connectivity index (χ4v) is 3.97. The third-order valence-corrected chi connectivity index (χ3v) is 5.42. The van der Waals surface area contributed by atoms with E-state index in [4.69, 9.17) is 23.2 Å². The van der Waals surface area contributed by atoms with Crippen LogP contribution in [0.1, 0.15) is 31.2 Å². The van der Waals surface area contributed by atoms with E-state index in [9.17, 15) is 13.6 Å². The minimum Gasteiger partial charge on any atom is -0.309 e. The minimum absolute atomic E-state index is 0.0185. The maximum atomic E-state index is 14.1. The van der Waals surface area contributed by atoms with Gasteiger partial charge in [-0.05, 0) is 42.0 Å². The van der Waals surface area contributed by atoms with Gasteiger partial charge in [-0.3, -0.25) is 4.79 Å². The predicted octanol–water partition coefficient (Wildman–Crippen LogP) is 5.82. The fourth-order valence-electron chi connectivity index (χ4n) is 3.37. The first-order chi connectivity index (χ1) is 11.9. The number of halogens is 4. The van der Waals surface area contributed by atoms with Crippen LogP contribution in [0.25, 0.3) is 0 Å². The number of rotatable bonds is 3. The number of para-hydroxylation sites is 1. The molecule has 2 unspecified atom stereocenters. The van der Waals surface area contributed by atoms with Crippen LogP contribution in [0.3, 0.4) is 0 Å². The molecule has 25 heavy (non-hydrogen) atoms. The average Bonchev–Trinajstić information content (AvgIpc) is 2.56. The normalized spacial score (nSPS) is 19.2. The molecule has 1 aliphatic heterocycles. The third kappa shape index (κ3) is 3.65. The number of carbonyl (C=O) groups excluding carboxylic acids is 1. The Balaban J connectivity index is 1.89. The van der Waals surface area contributed by atoms with Gasteiger partial charge in [0.2, 0.25) is 5.91 Å². The zero-order chi connectivity index (χ0) is 18.1. The van der Waals surface area contributed by atoms with Crippen LogP contribution in [0.2, 0.25) is 10.0 Å². The molecule has 0 aliphatic carbocycles. The lowest BCUT2D eigenvalue weighted by atomic mass is 9.81. The Kier molecular flexibility index (Phi) is 5.30. The number of nitrogens with zero attached hydrogens (tertiary/aromatic N) is 1. The van der Waals surface area contributed by atoms with Crippen LogP contribution < -0.4 is 4.90 Å². The lowest BCUT2D eigenvalue weighted by molar-refractivity contribution is -0.120. The highest BCUT2D eigenvalue weighted by molar-refractivity contribution is 6.39. The van der Waals surface area contributed by atoms with Gasteiger partial charge in [-0.2, -0.15) is 0 Å². The Morgan fingerprint density at radius 3 is 2.48 bits per heavy atom. The molecule has 0 saturated carbocycles. The van der Waals surface area contributed by atoms with Crippen LogP contribution in [0.15, 0.2) is 36.4 Å². The number of carbonyl (C=O) groups is 1. The molecule has 2 atom stereocenters. The van der Waals surface area contributed by atoms with Crippen LogP contribution in [0.5, 0.6) is 0 Å². The Bertz CT molecular complexity index is 792. The summed E-state index contributed by atoms with van der Waals surface area (Å²) in [6, 6.07) is 8.70. The van der Waals surface area contributed by atoms with Gasteiger partial charge in [0.15, 0.2) is 0 Å². The smallest absolute Gasteiger partial charge is 0.227 e. The van der Waals surface area contributed by atoms with E-state index in [2.05, 4.69) is 0 Å². The number of amides is 1. The minimum atomic E-state index is -0.600. The Hall–Kier alpha value is -1.65. The summed E-state index contributed by atoms with van der Waals surface area (Å²) in [7, 11) is 0. The molecule has 0 bridgehead atoms. The molecule has 0 N–H and O–H groups in total. The van der Waals surface area contributed by atoms with E-state index in [1.807, 2.05) is 6.92 Å². The molecule has 1 heterocycles. The van der Waals surface area contributed by atoms with Gasteiger partial charge in [0.1, 0.15) is 11.6 Å². The van der Waals surface area contributed by atoms with Gasteiger partial charge in [-0.1, -0.05) is 42.3 Å². The van der Waals surface area contributed by atoms with Crippen molar-refractivity contribution in [2.45, 2.75) is 25.7 Å². The highest BCUT2D eigenvalue weighted by atomic mass is 35.5. The number of benzene rings is 2. The molecule has 2 nitrogen and oxygen atoms in total. The van der Waals surface area contributed by atoms with Crippen molar-refractivity contribution in [2.24, 2.45) is 5.92 Å². The summed E-state index contributed by atoms with van der Waals surface area (Å²) in [5.74, 6) is -1.37. The monoisotopic (exact) mass is 383 g/mol. The molecule has 2 aromatic rings. The van der Waals surface area contributed by atoms with E-state index in [0.717, 1.165) is 6.07 Å². The SMILES string of the molecule is CC(c1ccc(F)cc1F)C1CCC(=O)N(c2c(Cl)cccc2Cl)C1. The number of anilines is 1. The maximum Gasteiger partial charge on any atom is 0.227 e. The average molecular weight is 384 g/mol. The summed E-state index contributed by atoms with van der Waals surface area (Å²) in [5, 5.41) is 0.809. The van der Waals surface area contributed by atoms with Gasteiger partial charge < -0.3 is 4.90 Å². The van der Waals surface area contributed by atoms with E-state index in [-0.39, 0.29) is 17.7 Å². The zero-order valence-electron chi connectivity index (χ0n) is 13.6. The van der Waals surface area contributed by atoms with Gasteiger partial charge in [0.05, 0.1) is 15.7 Å². The van der Waals surface area contributed by atoms with E-state index in [1.54, 1.807) is 23.1 Å². The topological polar surface area (TPSA) is 20.3 Å². The van der Waals surface area contributed by atoms with Crippen molar-refractivity contribution in [1.82, 2.24) is 0 Å². The summed E-state index contributed by atoms with van der Waals surface area (Å²) in [6.45, 7) is 2.28. The molecule has 0 aromatic heterocycles. The Morgan fingerprint density at radius 2 is 1.84 bits per heavy atom. The molecular formula is C19H17Cl2F2NO. The van der Waals surface area contributed by atoms with Gasteiger partial charge in [0, 0.05) is 19.0 Å². The van der Waals surface area contributed by atoms with Crippen LogP contribution in [-0.2, 0) is 4.79 Å². The zero-order valence-corrected chi connectivity index (χ0v) is 15.1. The van der Waals surface area contributed by atoms with Crippen molar-refractivity contribution >= 4 is 34.8 Å². The van der Waals surface area contributed by atoms with Crippen LogP contribution >= 0.6 is 23.2 Å². The van der Waals surface area contributed by atoms with Crippen LogP contribution in [0.4, 0.5) is 14.5 Å². The summed E-state index contributed by atoms with van der Waals surface area (Å²) >= 11 is 12.5. The molecule has 0 radical (unpaired) electrons. The van der Waals surface area contributed by atoms with Gasteiger partial charge in [-0.25, -0.2) is 8.78 Å². The molecule has 2 aromatic carbocycles. The van der Waals surface area contributed by atoms with Crippen molar-refractivity contribution in [3.05, 3.63) is 63.6 Å². The van der Waals surface area contributed by atoms with Crippen molar-refractivity contribution < 1.29 is 13.6 Å². The molecule has 6 heteroatoms. The standard InChI is InChI=1S/C19H17Cl2F2NO/c1-11(14-7-6-13(22)9-17(14)23)12-5-8-18(25)24(10-12)19-15(20)3-2-4-16(19)21/h2-4,6-7,9,11-12H,5,8,10H2,1H3. The fraction of sp³-hybridized carbons (Fsp3) is 0.316. The van der Waals surface area contributed by atoms with Crippen molar-refractivity contribution in [3.8, 4) is 0 Å². The molecule has 3 rings (SSSR count). The van der Waals surface area contributed by atoms with E-state index in [1.165, 1.54) is 12.1 Å². The first-order valence-corrected chi connectivity index (χ1v) is 8.83. The van der Waals surface area contributed by atoms with E-state index < -0.39 is 11.6 Å². The first kappa shape index (κ1) is 18.2. The summed E-state index contributed by atoms with van der Waals surface area (Å²) in [5.41, 5.74) is 0.943. The van der Waals surface area contributed by atoms with Gasteiger partial charge in [0.25, 0.3) is 0 Å². The van der Waals surface area contributed by atoms with Crippen LogP contribution in [0, 0.1) is 17.6 Å². The van der Waals surface area contributed by atoms with E-state index in [0.29, 0.717) is 40.7 Å². The highest BCUT2D eigenvalue weighted by Crippen LogP contribution is 2.39. The Labute approximate surface area is 155 Å². The predicted molar refractivity (Wildman–Crippen MR) is 96.3 cm³/mol. The van der Waals surface area contributed by atoms with Crippen LogP contribution in [-0.4, -0.2) is 12.5 Å². The lowest BCUT2D eigenvalue weighted by Crippen LogP contribution is -2.42. The number of hydrogen-bond donors (Lipinski definition) is 0. The molecular weight excluding hydrogens is 367 g/mol. The quantitative estimate of drug-likeness (QED) is 0.653. The Morgan fingerprint density at radius 1 is 1.16 bits per heavy atom. The second kappa shape index (κ2) is 7.30. The largest absolute Gasteiger partial charge is 0.309 e. The molecule has 1 saturated heterocycles. The highest BCUT2D eigenvalue weighted by Gasteiger charge is 2.33. The summed E-state index contributed by atoms with van der Waals surface area (Å²) in [4.78, 5) is 14.0. The second-order valence-corrected chi connectivity index (χ2v) is 7.14. The molecule has 0 spiro atoms. The second-order valence-electron chi connectivity index (χ2n) is 6.33. The molecule has 1 aliphatic rings. The number of hydrogen-bond acceptors (Lipinski definition) is 1. The van der Waals surface area contributed by atoms with Crippen molar-refractivity contribution in [3.63, 3.8) is 0 Å². The van der Waals surface area contributed by atoms with Gasteiger partial charge in [-0.15, -0.1) is 0 Å². The molecule has 132 valence electrons. The van der Waals surface area contributed by atoms with Crippen molar-refractivity contribution in [1.29, 1.82) is 0 Å². The summed E-state index contributed by atoms with van der Waals surface area (Å²) in [6.07, 6.45) is 0.967. The summed E-state index contributed by atoms with van der Waals surface area (Å²) < 4.78 is 27.3. The molecule has 1 fully saturated rings. The first-order valence-electron chi connectivity index (χ1n) is 8.07. The van der Waals surface area contributed by atoms with Crippen molar-refractivity contribution in [2.75, 3.05) is 11.4 Å². The molecule has 1 amide bonds. The van der Waals surface area contributed by atoms with Gasteiger partial charge >= 0.3 is 0 Å².